The van der Waals surface area contributed by atoms with E-state index in [1.807, 2.05) is 6.07 Å². The number of allylic oxidation sites excluding steroid dienone is 2. The molecule has 2 aromatic heterocycles. The van der Waals surface area contributed by atoms with Gasteiger partial charge in [-0.2, -0.15) is 0 Å². The van der Waals surface area contributed by atoms with E-state index >= 15 is 0 Å². The summed E-state index contributed by atoms with van der Waals surface area (Å²) in [6, 6.07) is 7.01. The molecule has 8 heteroatoms. The van der Waals surface area contributed by atoms with E-state index in [0.29, 0.717) is 20.6 Å². The first-order valence-corrected chi connectivity index (χ1v) is 8.14. The zero-order valence-corrected chi connectivity index (χ0v) is 14.2. The minimum Gasteiger partial charge on any atom is -0.389 e. The van der Waals surface area contributed by atoms with E-state index in [9.17, 15) is 8.63 Å². The van der Waals surface area contributed by atoms with Crippen LogP contribution in [-0.2, 0) is 0 Å². The fourth-order valence-electron chi connectivity index (χ4n) is 2.94. The molecule has 0 amide bonds. The lowest BCUT2D eigenvalue weighted by Crippen LogP contribution is -2.50. The van der Waals surface area contributed by atoms with E-state index in [4.69, 9.17) is 0 Å². The summed E-state index contributed by atoms with van der Waals surface area (Å²) >= 11 is 6.47. The van der Waals surface area contributed by atoms with Crippen LogP contribution >= 0.6 is 31.9 Å². The number of aromatic nitrogens is 2. The van der Waals surface area contributed by atoms with Crippen LogP contribution in [0.2, 0.25) is 0 Å². The zero-order chi connectivity index (χ0) is 15.5. The van der Waals surface area contributed by atoms with E-state index < -0.39 is 6.97 Å². The maximum atomic E-state index is 15.0. The standard InChI is InChI=1S/C14H8BBr2F2N3/c16-12-5-3-10-14(9-2-1-7-20-8-9)11-4-6-13(17)22(11)15(18,19)21(10)12/h1-8H. The quantitative estimate of drug-likeness (QED) is 0.631. The van der Waals surface area contributed by atoms with Crippen molar-refractivity contribution < 1.29 is 13.1 Å². The molecule has 0 spiro atoms. The highest BCUT2D eigenvalue weighted by Gasteiger charge is 2.54. The molecule has 0 saturated heterocycles. The third-order valence-electron chi connectivity index (χ3n) is 3.82. The Labute approximate surface area is 142 Å². The summed E-state index contributed by atoms with van der Waals surface area (Å²) in [5.74, 6) is 0. The van der Waals surface area contributed by atoms with Crippen molar-refractivity contribution in [3.05, 3.63) is 70.4 Å². The topological polar surface area (TPSA) is 20.8 Å². The Morgan fingerprint density at radius 3 is 2.68 bits per heavy atom. The van der Waals surface area contributed by atoms with Gasteiger partial charge >= 0.3 is 6.97 Å². The highest BCUT2D eigenvalue weighted by atomic mass is 79.9. The van der Waals surface area contributed by atoms with Crippen molar-refractivity contribution in [2.75, 3.05) is 0 Å². The zero-order valence-electron chi connectivity index (χ0n) is 11.0. The van der Waals surface area contributed by atoms with Crippen LogP contribution in [0.25, 0.3) is 5.57 Å². The van der Waals surface area contributed by atoms with Gasteiger partial charge in [-0.15, -0.1) is 0 Å². The van der Waals surface area contributed by atoms with Crippen LogP contribution in [0.5, 0.6) is 0 Å². The highest BCUT2D eigenvalue weighted by molar-refractivity contribution is 9.18. The monoisotopic (exact) mass is 425 g/mol. The molecule has 0 aromatic carbocycles. The van der Waals surface area contributed by atoms with Gasteiger partial charge in [0.1, 0.15) is 0 Å². The van der Waals surface area contributed by atoms with E-state index in [2.05, 4.69) is 36.8 Å². The predicted octanol–water partition coefficient (Wildman–Crippen LogP) is 4.02. The first-order chi connectivity index (χ1) is 10.5. The summed E-state index contributed by atoms with van der Waals surface area (Å²) < 4.78 is 32.7. The Morgan fingerprint density at radius 2 is 1.95 bits per heavy atom. The lowest BCUT2D eigenvalue weighted by molar-refractivity contribution is -0.358. The first kappa shape index (κ1) is 14.1. The van der Waals surface area contributed by atoms with Gasteiger partial charge < -0.3 is 17.6 Å². The molecule has 0 N–H and O–H groups in total. The Kier molecular flexibility index (Phi) is 3.03. The van der Waals surface area contributed by atoms with Crippen LogP contribution in [0, 0.1) is 0 Å². The average molecular weight is 427 g/mol. The van der Waals surface area contributed by atoms with E-state index in [0.717, 1.165) is 20.1 Å². The molecular weight excluding hydrogens is 419 g/mol. The van der Waals surface area contributed by atoms with Crippen molar-refractivity contribution in [1.29, 1.82) is 0 Å². The van der Waals surface area contributed by atoms with Crippen LogP contribution in [0.4, 0.5) is 8.63 Å². The minimum atomic E-state index is -3.97. The number of pyridine rings is 1. The third kappa shape index (κ3) is 1.77. The normalized spacial score (nSPS) is 18.7. The van der Waals surface area contributed by atoms with Gasteiger partial charge in [0.15, 0.2) is 5.70 Å². The van der Waals surface area contributed by atoms with Gasteiger partial charge in [-0.05, 0) is 34.1 Å². The second-order valence-corrected chi connectivity index (χ2v) is 6.65. The molecule has 3 nitrogen and oxygen atoms in total. The molecule has 4 rings (SSSR count). The smallest absolute Gasteiger partial charge is 0.389 e. The fraction of sp³-hybridized carbons (Fsp3) is 0. The van der Waals surface area contributed by atoms with Crippen LogP contribution in [0.1, 0.15) is 11.3 Å². The maximum absolute atomic E-state index is 15.0. The Morgan fingerprint density at radius 1 is 1.14 bits per heavy atom. The van der Waals surface area contributed by atoms with Crippen molar-refractivity contribution >= 4 is 49.0 Å². The molecule has 4 heterocycles. The van der Waals surface area contributed by atoms with E-state index in [1.54, 1.807) is 42.7 Å². The first-order valence-electron chi connectivity index (χ1n) is 6.56. The van der Waals surface area contributed by atoms with Crippen molar-refractivity contribution in [3.63, 3.8) is 0 Å². The molecule has 2 aliphatic heterocycles. The predicted molar refractivity (Wildman–Crippen MR) is 89.1 cm³/mol. The Hall–Kier alpha value is -1.54. The van der Waals surface area contributed by atoms with Gasteiger partial charge in [-0.25, -0.2) is 0 Å². The summed E-state index contributed by atoms with van der Waals surface area (Å²) in [4.78, 5) is 4.11. The Bertz CT molecular complexity index is 885. The van der Waals surface area contributed by atoms with E-state index in [1.165, 1.54) is 0 Å². The molecule has 0 bridgehead atoms. The van der Waals surface area contributed by atoms with Gasteiger partial charge in [-0.3, -0.25) is 4.98 Å². The van der Waals surface area contributed by atoms with Gasteiger partial charge in [0.2, 0.25) is 4.62 Å². The number of rotatable bonds is 1. The maximum Gasteiger partial charge on any atom is 0.738 e. The summed E-state index contributed by atoms with van der Waals surface area (Å²) in [6.07, 6.45) is 6.69. The lowest BCUT2D eigenvalue weighted by Gasteiger charge is -2.32. The highest BCUT2D eigenvalue weighted by Crippen LogP contribution is 2.41. The van der Waals surface area contributed by atoms with Gasteiger partial charge in [0.05, 0.1) is 10.2 Å². The number of nitrogens with zero attached hydrogens (tertiary/aromatic N) is 3. The van der Waals surface area contributed by atoms with Crippen molar-refractivity contribution in [2.45, 2.75) is 0 Å². The number of hydrogen-bond donors (Lipinski definition) is 0. The molecule has 0 unspecified atom stereocenters. The molecule has 110 valence electrons. The summed E-state index contributed by atoms with van der Waals surface area (Å²) in [6.45, 7) is -3.97. The largest absolute Gasteiger partial charge is 0.738 e. The van der Waals surface area contributed by atoms with Crippen molar-refractivity contribution in [3.8, 4) is 0 Å². The second kappa shape index (κ2) is 4.73. The van der Waals surface area contributed by atoms with Crippen molar-refractivity contribution in [2.24, 2.45) is 0 Å². The van der Waals surface area contributed by atoms with Gasteiger partial charge in [-0.1, -0.05) is 6.07 Å². The third-order valence-corrected chi connectivity index (χ3v) is 5.11. The summed E-state index contributed by atoms with van der Waals surface area (Å²) in [5.41, 5.74) is 2.48. The second-order valence-electron chi connectivity index (χ2n) is 5.03. The minimum absolute atomic E-state index is 0.347. The van der Waals surface area contributed by atoms with Crippen LogP contribution in [-0.4, -0.2) is 25.5 Å². The van der Waals surface area contributed by atoms with Crippen LogP contribution < -0.4 is 0 Å². The van der Waals surface area contributed by atoms with E-state index in [-0.39, 0.29) is 0 Å². The molecule has 0 fully saturated rings. The molecule has 2 aliphatic rings. The summed E-state index contributed by atoms with van der Waals surface area (Å²) in [7, 11) is 0. The van der Waals surface area contributed by atoms with Crippen molar-refractivity contribution in [1.82, 2.24) is 9.46 Å². The number of halogens is 4. The molecule has 0 radical (unpaired) electrons. The fourth-order valence-corrected chi connectivity index (χ4v) is 4.08. The molecular formula is C14H8BBr2F2N3. The van der Waals surface area contributed by atoms with Gasteiger partial charge in [0.25, 0.3) is 0 Å². The number of fused-ring (bicyclic) bond motifs is 2. The van der Waals surface area contributed by atoms with Crippen LogP contribution in [0.3, 0.4) is 0 Å². The van der Waals surface area contributed by atoms with Gasteiger partial charge in [0, 0.05) is 51.7 Å². The molecule has 0 aliphatic carbocycles. The SMILES string of the molecule is F[B-]1(F)n2c(Br)ccc2C(c2cccnc2)=C2C=CC(Br)=[N+]21. The lowest BCUT2D eigenvalue weighted by atomic mass is 9.87. The molecule has 22 heavy (non-hydrogen) atoms. The molecule has 0 saturated carbocycles. The molecule has 0 atom stereocenters. The average Bonchev–Trinajstić information content (AvgIpc) is 3.06. The number of hydrogen-bond acceptors (Lipinski definition) is 1. The molecule has 2 aromatic rings. The Balaban J connectivity index is 2.13. The summed E-state index contributed by atoms with van der Waals surface area (Å²) in [5, 5.41) is 0. The van der Waals surface area contributed by atoms with Crippen LogP contribution in [0.15, 0.2) is 59.1 Å².